The van der Waals surface area contributed by atoms with Crippen LogP contribution in [0.1, 0.15) is 25.1 Å². The van der Waals surface area contributed by atoms with Crippen molar-refractivity contribution in [3.63, 3.8) is 0 Å². The maximum atomic E-state index is 5.62. The molecular weight excluding hydrogens is 252 g/mol. The van der Waals surface area contributed by atoms with Crippen LogP contribution in [-0.4, -0.2) is 47.9 Å². The van der Waals surface area contributed by atoms with E-state index < -0.39 is 0 Å². The lowest BCUT2D eigenvalue weighted by molar-refractivity contribution is 0.0525. The van der Waals surface area contributed by atoms with Gasteiger partial charge in [0.05, 0.1) is 13.2 Å². The zero-order chi connectivity index (χ0) is 13.8. The van der Waals surface area contributed by atoms with Gasteiger partial charge in [-0.2, -0.15) is 0 Å². The largest absolute Gasteiger partial charge is 0.379 e. The molecular formula is C15H26N4O. The van der Waals surface area contributed by atoms with E-state index in [0.29, 0.717) is 12.1 Å². The topological polar surface area (TPSA) is 51.1 Å². The van der Waals surface area contributed by atoms with Crippen LogP contribution in [0.3, 0.4) is 0 Å². The normalized spacial score (nSPS) is 30.8. The Kier molecular flexibility index (Phi) is 4.70. The van der Waals surface area contributed by atoms with Gasteiger partial charge in [0.15, 0.2) is 0 Å². The number of hydrogen-bond acceptors (Lipinski definition) is 4. The molecule has 2 fully saturated rings. The fourth-order valence-electron chi connectivity index (χ4n) is 3.59. The van der Waals surface area contributed by atoms with Gasteiger partial charge in [-0.1, -0.05) is 6.42 Å². The van der Waals surface area contributed by atoms with Crippen LogP contribution < -0.4 is 10.6 Å². The van der Waals surface area contributed by atoms with Crippen molar-refractivity contribution in [1.82, 2.24) is 20.2 Å². The zero-order valence-electron chi connectivity index (χ0n) is 12.3. The molecule has 2 heterocycles. The Labute approximate surface area is 121 Å². The number of hydrogen-bond donors (Lipinski definition) is 2. The number of nitrogens with zero attached hydrogens (tertiary/aromatic N) is 2. The molecule has 0 aromatic carbocycles. The minimum atomic E-state index is 0.540. The standard InChI is InChI=1S/C15H26N4O/c1-12-16-5-8-19(12)9-6-17-14-4-2-3-13(14)15-11-20-10-7-18-15/h5,8,13-15,17-18H,2-4,6-7,9-11H2,1H3. The molecule has 0 amide bonds. The molecule has 5 nitrogen and oxygen atoms in total. The van der Waals surface area contributed by atoms with Gasteiger partial charge in [-0.05, 0) is 25.7 Å². The first-order valence-electron chi connectivity index (χ1n) is 7.87. The van der Waals surface area contributed by atoms with Gasteiger partial charge < -0.3 is 19.9 Å². The summed E-state index contributed by atoms with van der Waals surface area (Å²) in [5.41, 5.74) is 0. The van der Waals surface area contributed by atoms with Crippen LogP contribution in [0.15, 0.2) is 12.4 Å². The van der Waals surface area contributed by atoms with E-state index in [1.165, 1.54) is 19.3 Å². The highest BCUT2D eigenvalue weighted by Crippen LogP contribution is 2.29. The zero-order valence-corrected chi connectivity index (χ0v) is 12.3. The third kappa shape index (κ3) is 3.22. The van der Waals surface area contributed by atoms with Crippen molar-refractivity contribution in [2.45, 2.75) is 44.8 Å². The Hall–Kier alpha value is -0.910. The van der Waals surface area contributed by atoms with Gasteiger partial charge in [0, 0.05) is 44.1 Å². The molecule has 3 atom stereocenters. The van der Waals surface area contributed by atoms with E-state index in [1.807, 2.05) is 6.20 Å². The Balaban J connectivity index is 1.47. The summed E-state index contributed by atoms with van der Waals surface area (Å²) in [5, 5.41) is 7.37. The van der Waals surface area contributed by atoms with Gasteiger partial charge in [0.1, 0.15) is 5.82 Å². The molecule has 5 heteroatoms. The molecule has 20 heavy (non-hydrogen) atoms. The monoisotopic (exact) mass is 278 g/mol. The van der Waals surface area contributed by atoms with Gasteiger partial charge in [0.2, 0.25) is 0 Å². The quantitative estimate of drug-likeness (QED) is 0.841. The number of aromatic nitrogens is 2. The highest BCUT2D eigenvalue weighted by molar-refractivity contribution is 4.93. The van der Waals surface area contributed by atoms with Crippen molar-refractivity contribution in [1.29, 1.82) is 0 Å². The third-order valence-electron chi connectivity index (χ3n) is 4.72. The summed E-state index contributed by atoms with van der Waals surface area (Å²) in [4.78, 5) is 4.26. The maximum Gasteiger partial charge on any atom is 0.105 e. The predicted molar refractivity (Wildman–Crippen MR) is 78.7 cm³/mol. The first-order valence-corrected chi connectivity index (χ1v) is 7.87. The molecule has 0 spiro atoms. The van der Waals surface area contributed by atoms with Gasteiger partial charge >= 0.3 is 0 Å². The molecule has 0 bridgehead atoms. The molecule has 112 valence electrons. The predicted octanol–water partition coefficient (Wildman–Crippen LogP) is 0.938. The second-order valence-corrected chi connectivity index (χ2v) is 5.96. The van der Waals surface area contributed by atoms with Crippen LogP contribution in [0.4, 0.5) is 0 Å². The first-order chi connectivity index (χ1) is 9.84. The van der Waals surface area contributed by atoms with Crippen molar-refractivity contribution in [3.8, 4) is 0 Å². The molecule has 1 aliphatic heterocycles. The molecule has 1 aromatic heterocycles. The van der Waals surface area contributed by atoms with Crippen LogP contribution in [0.5, 0.6) is 0 Å². The van der Waals surface area contributed by atoms with Crippen molar-refractivity contribution in [3.05, 3.63) is 18.2 Å². The number of ether oxygens (including phenoxy) is 1. The van der Waals surface area contributed by atoms with Crippen LogP contribution in [0, 0.1) is 12.8 Å². The van der Waals surface area contributed by atoms with E-state index in [1.54, 1.807) is 0 Å². The average molecular weight is 278 g/mol. The highest BCUT2D eigenvalue weighted by Gasteiger charge is 2.34. The number of rotatable bonds is 5. The summed E-state index contributed by atoms with van der Waals surface area (Å²) in [6.45, 7) is 6.82. The lowest BCUT2D eigenvalue weighted by Gasteiger charge is -2.33. The lowest BCUT2D eigenvalue weighted by atomic mass is 9.94. The van der Waals surface area contributed by atoms with E-state index in [9.17, 15) is 0 Å². The first kappa shape index (κ1) is 14.0. The molecule has 3 unspecified atom stereocenters. The molecule has 2 aliphatic rings. The second kappa shape index (κ2) is 6.70. The number of morpholine rings is 1. The highest BCUT2D eigenvalue weighted by atomic mass is 16.5. The summed E-state index contributed by atoms with van der Waals surface area (Å²) in [6.07, 6.45) is 7.88. The molecule has 2 N–H and O–H groups in total. The Morgan fingerprint density at radius 2 is 2.45 bits per heavy atom. The van der Waals surface area contributed by atoms with E-state index in [4.69, 9.17) is 4.74 Å². The van der Waals surface area contributed by atoms with Crippen molar-refractivity contribution < 1.29 is 4.74 Å². The van der Waals surface area contributed by atoms with Crippen LogP contribution in [0.25, 0.3) is 0 Å². The maximum absolute atomic E-state index is 5.62. The molecule has 1 saturated carbocycles. The Morgan fingerprint density at radius 3 is 3.20 bits per heavy atom. The lowest BCUT2D eigenvalue weighted by Crippen LogP contribution is -2.51. The van der Waals surface area contributed by atoms with Crippen molar-refractivity contribution in [2.75, 3.05) is 26.3 Å². The van der Waals surface area contributed by atoms with E-state index in [0.717, 1.165) is 44.6 Å². The summed E-state index contributed by atoms with van der Waals surface area (Å²) in [6, 6.07) is 1.18. The minimum absolute atomic E-state index is 0.540. The summed E-state index contributed by atoms with van der Waals surface area (Å²) < 4.78 is 7.83. The van der Waals surface area contributed by atoms with Crippen LogP contribution in [0.2, 0.25) is 0 Å². The SMILES string of the molecule is Cc1nccn1CCNC1CCCC1C1COCCN1. The van der Waals surface area contributed by atoms with Crippen molar-refractivity contribution in [2.24, 2.45) is 5.92 Å². The fraction of sp³-hybridized carbons (Fsp3) is 0.800. The Morgan fingerprint density at radius 1 is 1.50 bits per heavy atom. The summed E-state index contributed by atoms with van der Waals surface area (Å²) >= 11 is 0. The molecule has 1 aromatic rings. The van der Waals surface area contributed by atoms with E-state index in [-0.39, 0.29) is 0 Å². The van der Waals surface area contributed by atoms with E-state index >= 15 is 0 Å². The number of nitrogens with one attached hydrogen (secondary N) is 2. The van der Waals surface area contributed by atoms with Gasteiger partial charge in [-0.3, -0.25) is 0 Å². The average Bonchev–Trinajstić information content (AvgIpc) is 3.10. The van der Waals surface area contributed by atoms with Gasteiger partial charge in [-0.15, -0.1) is 0 Å². The Bertz CT molecular complexity index is 414. The molecule has 3 rings (SSSR count). The smallest absolute Gasteiger partial charge is 0.105 e. The fourth-order valence-corrected chi connectivity index (χ4v) is 3.59. The molecule has 1 saturated heterocycles. The third-order valence-corrected chi connectivity index (χ3v) is 4.72. The van der Waals surface area contributed by atoms with Crippen LogP contribution in [-0.2, 0) is 11.3 Å². The second-order valence-electron chi connectivity index (χ2n) is 5.96. The summed E-state index contributed by atoms with van der Waals surface area (Å²) in [7, 11) is 0. The van der Waals surface area contributed by atoms with Crippen molar-refractivity contribution >= 4 is 0 Å². The molecule has 0 radical (unpaired) electrons. The van der Waals surface area contributed by atoms with Gasteiger partial charge in [0.25, 0.3) is 0 Å². The molecule has 1 aliphatic carbocycles. The van der Waals surface area contributed by atoms with Crippen LogP contribution >= 0.6 is 0 Å². The minimum Gasteiger partial charge on any atom is -0.379 e. The number of imidazole rings is 1. The summed E-state index contributed by atoms with van der Waals surface area (Å²) in [5.74, 6) is 1.82. The van der Waals surface area contributed by atoms with E-state index in [2.05, 4.69) is 33.3 Å². The van der Waals surface area contributed by atoms with Gasteiger partial charge in [-0.25, -0.2) is 4.98 Å². The number of aryl methyl sites for hydroxylation is 1.